The van der Waals surface area contributed by atoms with Gasteiger partial charge >= 0.3 is 0 Å². The van der Waals surface area contributed by atoms with E-state index >= 15 is 0 Å². The maximum atomic E-state index is 5.78. The molecule has 2 aromatic carbocycles. The molecule has 0 aliphatic heterocycles. The number of nitrogens with zero attached hydrogens (tertiary/aromatic N) is 3. The highest BCUT2D eigenvalue weighted by atomic mass is 15.1. The van der Waals surface area contributed by atoms with Crippen molar-refractivity contribution in [3.8, 4) is 11.4 Å². The van der Waals surface area contributed by atoms with E-state index in [1.807, 2.05) is 18.2 Å². The zero-order valence-corrected chi connectivity index (χ0v) is 13.2. The highest BCUT2D eigenvalue weighted by Gasteiger charge is 2.11. The molecule has 4 heteroatoms. The van der Waals surface area contributed by atoms with E-state index in [2.05, 4.69) is 53.9 Å². The third-order valence-electron chi connectivity index (χ3n) is 3.72. The molecule has 0 spiro atoms. The van der Waals surface area contributed by atoms with E-state index in [1.165, 1.54) is 5.56 Å². The predicted molar refractivity (Wildman–Crippen MR) is 91.6 cm³/mol. The van der Waals surface area contributed by atoms with E-state index in [4.69, 9.17) is 10.7 Å². The average molecular weight is 294 g/mol. The third kappa shape index (κ3) is 2.89. The zero-order valence-electron chi connectivity index (χ0n) is 13.2. The molecule has 22 heavy (non-hydrogen) atoms. The van der Waals surface area contributed by atoms with Crippen LogP contribution < -0.4 is 5.73 Å². The Morgan fingerprint density at radius 3 is 2.45 bits per heavy atom. The van der Waals surface area contributed by atoms with Crippen LogP contribution in [0.5, 0.6) is 0 Å². The molecule has 1 heterocycles. The van der Waals surface area contributed by atoms with Gasteiger partial charge in [0, 0.05) is 25.2 Å². The van der Waals surface area contributed by atoms with Crippen molar-refractivity contribution in [2.75, 3.05) is 20.6 Å². The van der Waals surface area contributed by atoms with Gasteiger partial charge in [0.15, 0.2) is 0 Å². The minimum absolute atomic E-state index is 0.603. The molecule has 4 nitrogen and oxygen atoms in total. The molecule has 2 N–H and O–H groups in total. The number of para-hydroxylation sites is 2. The molecule has 0 amide bonds. The standard InChI is InChI=1S/C18H22N4/c1-21(2)13-14-7-9-15(10-8-14)18-20-16-5-3-4-6-17(16)22(18)12-11-19/h3-10H,11-13,19H2,1-2H3. The maximum absolute atomic E-state index is 5.78. The Labute approximate surface area is 131 Å². The van der Waals surface area contributed by atoms with Crippen LogP contribution in [0.3, 0.4) is 0 Å². The summed E-state index contributed by atoms with van der Waals surface area (Å²) in [4.78, 5) is 6.95. The Kier molecular flexibility index (Phi) is 4.22. The van der Waals surface area contributed by atoms with Crippen LogP contribution >= 0.6 is 0 Å². The van der Waals surface area contributed by atoms with Crippen molar-refractivity contribution in [1.82, 2.24) is 14.5 Å². The number of nitrogens with two attached hydrogens (primary N) is 1. The van der Waals surface area contributed by atoms with Crippen LogP contribution in [-0.2, 0) is 13.1 Å². The van der Waals surface area contributed by atoms with Gasteiger partial charge in [-0.25, -0.2) is 4.98 Å². The van der Waals surface area contributed by atoms with Gasteiger partial charge in [0.25, 0.3) is 0 Å². The lowest BCUT2D eigenvalue weighted by atomic mass is 10.1. The Morgan fingerprint density at radius 1 is 1.05 bits per heavy atom. The molecule has 0 unspecified atom stereocenters. The topological polar surface area (TPSA) is 47.1 Å². The molecule has 0 bridgehead atoms. The van der Waals surface area contributed by atoms with Gasteiger partial charge in [0.2, 0.25) is 0 Å². The largest absolute Gasteiger partial charge is 0.329 e. The first-order valence-corrected chi connectivity index (χ1v) is 7.58. The summed E-state index contributed by atoms with van der Waals surface area (Å²) < 4.78 is 2.20. The number of aromatic nitrogens is 2. The summed E-state index contributed by atoms with van der Waals surface area (Å²) in [5, 5.41) is 0. The summed E-state index contributed by atoms with van der Waals surface area (Å²) >= 11 is 0. The molecule has 0 saturated heterocycles. The Balaban J connectivity index is 2.03. The lowest BCUT2D eigenvalue weighted by molar-refractivity contribution is 0.402. The van der Waals surface area contributed by atoms with Crippen LogP contribution in [-0.4, -0.2) is 35.1 Å². The summed E-state index contributed by atoms with van der Waals surface area (Å²) in [5.41, 5.74) is 10.4. The van der Waals surface area contributed by atoms with Gasteiger partial charge < -0.3 is 15.2 Å². The first-order valence-electron chi connectivity index (χ1n) is 7.58. The van der Waals surface area contributed by atoms with Crippen molar-refractivity contribution in [3.63, 3.8) is 0 Å². The molecule has 0 fully saturated rings. The normalized spacial score (nSPS) is 11.5. The summed E-state index contributed by atoms with van der Waals surface area (Å²) in [6.45, 7) is 2.32. The highest BCUT2D eigenvalue weighted by Crippen LogP contribution is 2.25. The fourth-order valence-corrected chi connectivity index (χ4v) is 2.78. The van der Waals surface area contributed by atoms with Gasteiger partial charge in [-0.15, -0.1) is 0 Å². The van der Waals surface area contributed by atoms with Crippen LogP contribution in [0.2, 0.25) is 0 Å². The quantitative estimate of drug-likeness (QED) is 0.787. The Morgan fingerprint density at radius 2 is 1.77 bits per heavy atom. The second kappa shape index (κ2) is 6.30. The van der Waals surface area contributed by atoms with Crippen LogP contribution in [0.1, 0.15) is 5.56 Å². The van der Waals surface area contributed by atoms with Crippen molar-refractivity contribution in [1.29, 1.82) is 0 Å². The minimum atomic E-state index is 0.603. The molecule has 114 valence electrons. The number of hydrogen-bond acceptors (Lipinski definition) is 3. The van der Waals surface area contributed by atoms with E-state index in [9.17, 15) is 0 Å². The van der Waals surface area contributed by atoms with Crippen LogP contribution in [0.15, 0.2) is 48.5 Å². The summed E-state index contributed by atoms with van der Waals surface area (Å²) in [6, 6.07) is 16.8. The van der Waals surface area contributed by atoms with Gasteiger partial charge in [-0.05, 0) is 31.8 Å². The Bertz CT molecular complexity index is 756. The fourth-order valence-electron chi connectivity index (χ4n) is 2.78. The molecule has 0 aliphatic rings. The van der Waals surface area contributed by atoms with Gasteiger partial charge in [0.05, 0.1) is 11.0 Å². The number of fused-ring (bicyclic) bond motifs is 1. The minimum Gasteiger partial charge on any atom is -0.329 e. The number of imidazole rings is 1. The molecule has 3 rings (SSSR count). The second-order valence-electron chi connectivity index (χ2n) is 5.80. The average Bonchev–Trinajstić information content (AvgIpc) is 2.87. The number of benzene rings is 2. The molecule has 1 aromatic heterocycles. The SMILES string of the molecule is CN(C)Cc1ccc(-c2nc3ccccc3n2CCN)cc1. The summed E-state index contributed by atoms with van der Waals surface area (Å²) in [5.74, 6) is 0.989. The first-order chi connectivity index (χ1) is 10.7. The molecule has 0 radical (unpaired) electrons. The highest BCUT2D eigenvalue weighted by molar-refractivity contribution is 5.80. The molecule has 0 atom stereocenters. The van der Waals surface area contributed by atoms with Crippen LogP contribution in [0.25, 0.3) is 22.4 Å². The lowest BCUT2D eigenvalue weighted by Crippen LogP contribution is -2.11. The van der Waals surface area contributed by atoms with Gasteiger partial charge in [-0.1, -0.05) is 36.4 Å². The van der Waals surface area contributed by atoms with Crippen molar-refractivity contribution in [2.45, 2.75) is 13.1 Å². The second-order valence-corrected chi connectivity index (χ2v) is 5.80. The molecule has 0 saturated carbocycles. The van der Waals surface area contributed by atoms with E-state index in [0.29, 0.717) is 6.54 Å². The number of rotatable bonds is 5. The maximum Gasteiger partial charge on any atom is 0.141 e. The molecular weight excluding hydrogens is 272 g/mol. The Hall–Kier alpha value is -2.17. The molecular formula is C18H22N4. The van der Waals surface area contributed by atoms with Gasteiger partial charge in [-0.2, -0.15) is 0 Å². The van der Waals surface area contributed by atoms with Gasteiger partial charge in [-0.3, -0.25) is 0 Å². The molecule has 3 aromatic rings. The summed E-state index contributed by atoms with van der Waals surface area (Å²) in [7, 11) is 4.16. The van der Waals surface area contributed by atoms with E-state index in [1.54, 1.807) is 0 Å². The first kappa shape index (κ1) is 14.8. The van der Waals surface area contributed by atoms with E-state index in [0.717, 1.165) is 35.5 Å². The van der Waals surface area contributed by atoms with E-state index < -0.39 is 0 Å². The van der Waals surface area contributed by atoms with Gasteiger partial charge in [0.1, 0.15) is 5.82 Å². The molecule has 0 aliphatic carbocycles. The van der Waals surface area contributed by atoms with E-state index in [-0.39, 0.29) is 0 Å². The van der Waals surface area contributed by atoms with Crippen LogP contribution in [0, 0.1) is 0 Å². The van der Waals surface area contributed by atoms with Crippen LogP contribution in [0.4, 0.5) is 0 Å². The fraction of sp³-hybridized carbons (Fsp3) is 0.278. The smallest absolute Gasteiger partial charge is 0.141 e. The third-order valence-corrected chi connectivity index (χ3v) is 3.72. The van der Waals surface area contributed by atoms with Crippen molar-refractivity contribution >= 4 is 11.0 Å². The summed E-state index contributed by atoms with van der Waals surface area (Å²) in [6.07, 6.45) is 0. The lowest BCUT2D eigenvalue weighted by Gasteiger charge is -2.11. The van der Waals surface area contributed by atoms with Crippen molar-refractivity contribution < 1.29 is 0 Å². The number of hydrogen-bond donors (Lipinski definition) is 1. The van der Waals surface area contributed by atoms with Crippen molar-refractivity contribution in [3.05, 3.63) is 54.1 Å². The monoisotopic (exact) mass is 294 g/mol. The van der Waals surface area contributed by atoms with Crippen molar-refractivity contribution in [2.24, 2.45) is 5.73 Å². The zero-order chi connectivity index (χ0) is 15.5. The predicted octanol–water partition coefficient (Wildman–Crippen LogP) is 2.72.